The highest BCUT2D eigenvalue weighted by Gasteiger charge is 2.34. The van der Waals surface area contributed by atoms with Gasteiger partial charge >= 0.3 is 0 Å². The zero-order chi connectivity index (χ0) is 13.0. The highest BCUT2D eigenvalue weighted by atomic mass is 16.2. The lowest BCUT2D eigenvalue weighted by Gasteiger charge is -2.26. The smallest absolute Gasteiger partial charge is 0.227 e. The van der Waals surface area contributed by atoms with Gasteiger partial charge in [-0.2, -0.15) is 0 Å². The SMILES string of the molecule is CCC(CN)C(=O)N(Cc1cccnc1)C1CC1. The lowest BCUT2D eigenvalue weighted by atomic mass is 10.0. The molecule has 1 amide bonds. The second-order valence-corrected chi connectivity index (χ2v) is 4.90. The highest BCUT2D eigenvalue weighted by Crippen LogP contribution is 2.29. The van der Waals surface area contributed by atoms with Gasteiger partial charge in [0.1, 0.15) is 0 Å². The van der Waals surface area contributed by atoms with Gasteiger partial charge in [-0.15, -0.1) is 0 Å². The summed E-state index contributed by atoms with van der Waals surface area (Å²) in [6.07, 6.45) is 6.62. The van der Waals surface area contributed by atoms with E-state index in [-0.39, 0.29) is 11.8 Å². The van der Waals surface area contributed by atoms with Crippen molar-refractivity contribution in [3.63, 3.8) is 0 Å². The first-order chi connectivity index (χ1) is 8.76. The van der Waals surface area contributed by atoms with Crippen molar-refractivity contribution in [1.29, 1.82) is 0 Å². The number of pyridine rings is 1. The normalized spacial score (nSPS) is 16.3. The number of nitrogens with two attached hydrogens (primary N) is 1. The molecule has 18 heavy (non-hydrogen) atoms. The van der Waals surface area contributed by atoms with E-state index >= 15 is 0 Å². The predicted octanol–water partition coefficient (Wildman–Crippen LogP) is 1.56. The number of aromatic nitrogens is 1. The average molecular weight is 247 g/mol. The van der Waals surface area contributed by atoms with Gasteiger partial charge in [0.15, 0.2) is 0 Å². The third kappa shape index (κ3) is 3.07. The van der Waals surface area contributed by atoms with Gasteiger partial charge in [-0.3, -0.25) is 9.78 Å². The third-order valence-electron chi connectivity index (χ3n) is 3.47. The van der Waals surface area contributed by atoms with Crippen molar-refractivity contribution in [3.05, 3.63) is 30.1 Å². The number of nitrogens with zero attached hydrogens (tertiary/aromatic N) is 2. The van der Waals surface area contributed by atoms with Gasteiger partial charge in [0.2, 0.25) is 5.91 Å². The summed E-state index contributed by atoms with van der Waals surface area (Å²) < 4.78 is 0. The van der Waals surface area contributed by atoms with Gasteiger partial charge in [0.25, 0.3) is 0 Å². The van der Waals surface area contributed by atoms with E-state index in [2.05, 4.69) is 4.98 Å². The fourth-order valence-electron chi connectivity index (χ4n) is 2.14. The fraction of sp³-hybridized carbons (Fsp3) is 0.571. The summed E-state index contributed by atoms with van der Waals surface area (Å²) in [6, 6.07) is 4.34. The minimum Gasteiger partial charge on any atom is -0.335 e. The van der Waals surface area contributed by atoms with Crippen molar-refractivity contribution in [1.82, 2.24) is 9.88 Å². The van der Waals surface area contributed by atoms with Crippen LogP contribution in [-0.2, 0) is 11.3 Å². The number of hydrogen-bond acceptors (Lipinski definition) is 3. The van der Waals surface area contributed by atoms with E-state index in [1.54, 1.807) is 6.20 Å². The van der Waals surface area contributed by atoms with Gasteiger partial charge in [-0.05, 0) is 30.9 Å². The Bertz CT molecular complexity index is 385. The molecule has 4 nitrogen and oxygen atoms in total. The molecule has 2 N–H and O–H groups in total. The molecule has 98 valence electrons. The van der Waals surface area contributed by atoms with Crippen LogP contribution in [0.15, 0.2) is 24.5 Å². The lowest BCUT2D eigenvalue weighted by molar-refractivity contribution is -0.136. The van der Waals surface area contributed by atoms with Gasteiger partial charge in [-0.25, -0.2) is 0 Å². The first-order valence-corrected chi connectivity index (χ1v) is 6.65. The molecule has 1 aromatic heterocycles. The lowest BCUT2D eigenvalue weighted by Crippen LogP contribution is -2.39. The summed E-state index contributed by atoms with van der Waals surface area (Å²) in [5.41, 5.74) is 6.76. The Labute approximate surface area is 108 Å². The molecular weight excluding hydrogens is 226 g/mol. The van der Waals surface area contributed by atoms with E-state index in [1.165, 1.54) is 0 Å². The van der Waals surface area contributed by atoms with Crippen molar-refractivity contribution in [2.45, 2.75) is 38.8 Å². The Morgan fingerprint density at radius 1 is 1.61 bits per heavy atom. The number of carbonyl (C=O) groups is 1. The molecule has 1 aliphatic carbocycles. The Morgan fingerprint density at radius 3 is 2.89 bits per heavy atom. The molecular formula is C14H21N3O. The Morgan fingerprint density at radius 2 is 2.39 bits per heavy atom. The second-order valence-electron chi connectivity index (χ2n) is 4.90. The van der Waals surface area contributed by atoms with Crippen LogP contribution in [0.4, 0.5) is 0 Å². The van der Waals surface area contributed by atoms with Crippen molar-refractivity contribution in [2.24, 2.45) is 11.7 Å². The first-order valence-electron chi connectivity index (χ1n) is 6.65. The maximum absolute atomic E-state index is 12.4. The average Bonchev–Trinajstić information content (AvgIpc) is 3.23. The minimum atomic E-state index is -0.0396. The number of rotatable bonds is 6. The van der Waals surface area contributed by atoms with Crippen LogP contribution in [0.1, 0.15) is 31.7 Å². The summed E-state index contributed by atoms with van der Waals surface area (Å²) in [5.74, 6) is 0.161. The van der Waals surface area contributed by atoms with Crippen molar-refractivity contribution >= 4 is 5.91 Å². The molecule has 0 aromatic carbocycles. The Balaban J connectivity index is 2.06. The molecule has 1 atom stereocenters. The first kappa shape index (κ1) is 13.0. The maximum Gasteiger partial charge on any atom is 0.227 e. The molecule has 1 aromatic rings. The van der Waals surface area contributed by atoms with E-state index in [0.717, 1.165) is 24.8 Å². The topological polar surface area (TPSA) is 59.2 Å². The molecule has 0 bridgehead atoms. The summed E-state index contributed by atoms with van der Waals surface area (Å²) in [6.45, 7) is 3.12. The van der Waals surface area contributed by atoms with Crippen molar-refractivity contribution < 1.29 is 4.79 Å². The molecule has 4 heteroatoms. The third-order valence-corrected chi connectivity index (χ3v) is 3.47. The Kier molecular flexibility index (Phi) is 4.31. The monoisotopic (exact) mass is 247 g/mol. The molecule has 0 saturated heterocycles. The quantitative estimate of drug-likeness (QED) is 0.830. The van der Waals surface area contributed by atoms with E-state index in [0.29, 0.717) is 19.1 Å². The molecule has 1 saturated carbocycles. The molecule has 1 unspecified atom stereocenters. The largest absolute Gasteiger partial charge is 0.335 e. The zero-order valence-corrected chi connectivity index (χ0v) is 10.9. The van der Waals surface area contributed by atoms with Crippen LogP contribution in [0.2, 0.25) is 0 Å². The molecule has 1 aliphatic rings. The van der Waals surface area contributed by atoms with Crippen LogP contribution in [0.3, 0.4) is 0 Å². The van der Waals surface area contributed by atoms with Crippen LogP contribution >= 0.6 is 0 Å². The van der Waals surface area contributed by atoms with Crippen molar-refractivity contribution in [2.75, 3.05) is 6.54 Å². The number of amides is 1. The fourth-order valence-corrected chi connectivity index (χ4v) is 2.14. The predicted molar refractivity (Wildman–Crippen MR) is 70.6 cm³/mol. The summed E-state index contributed by atoms with van der Waals surface area (Å²) in [4.78, 5) is 18.5. The van der Waals surface area contributed by atoms with Gasteiger partial charge in [-0.1, -0.05) is 13.0 Å². The van der Waals surface area contributed by atoms with Crippen LogP contribution < -0.4 is 5.73 Å². The van der Waals surface area contributed by atoms with Gasteiger partial charge in [0.05, 0.1) is 5.92 Å². The summed E-state index contributed by atoms with van der Waals surface area (Å²) in [7, 11) is 0. The van der Waals surface area contributed by atoms with Crippen molar-refractivity contribution in [3.8, 4) is 0 Å². The van der Waals surface area contributed by atoms with E-state index in [4.69, 9.17) is 5.73 Å². The standard InChI is InChI=1S/C14H21N3O/c1-2-12(8-15)14(18)17(13-5-6-13)10-11-4-3-7-16-9-11/h3-4,7,9,12-13H,2,5-6,8,10,15H2,1H3. The number of carbonyl (C=O) groups excluding carboxylic acids is 1. The molecule has 0 radical (unpaired) electrons. The molecule has 0 aliphatic heterocycles. The van der Waals surface area contributed by atoms with Gasteiger partial charge in [0, 0.05) is 31.5 Å². The van der Waals surface area contributed by atoms with Gasteiger partial charge < -0.3 is 10.6 Å². The second kappa shape index (κ2) is 5.96. The zero-order valence-electron chi connectivity index (χ0n) is 10.9. The Hall–Kier alpha value is -1.42. The van der Waals surface area contributed by atoms with Crippen LogP contribution in [0.5, 0.6) is 0 Å². The van der Waals surface area contributed by atoms with Crippen LogP contribution in [-0.4, -0.2) is 28.4 Å². The number of hydrogen-bond donors (Lipinski definition) is 1. The van der Waals surface area contributed by atoms with E-state index in [9.17, 15) is 4.79 Å². The molecule has 0 spiro atoms. The van der Waals surface area contributed by atoms with E-state index < -0.39 is 0 Å². The van der Waals surface area contributed by atoms with E-state index in [1.807, 2.05) is 30.2 Å². The summed E-state index contributed by atoms with van der Waals surface area (Å²) >= 11 is 0. The maximum atomic E-state index is 12.4. The summed E-state index contributed by atoms with van der Waals surface area (Å²) in [5, 5.41) is 0. The highest BCUT2D eigenvalue weighted by molar-refractivity contribution is 5.79. The molecule has 2 rings (SSSR count). The molecule has 1 heterocycles. The molecule has 1 fully saturated rings. The minimum absolute atomic E-state index is 0.0396. The van der Waals surface area contributed by atoms with Crippen LogP contribution in [0, 0.1) is 5.92 Å². The van der Waals surface area contributed by atoms with Crippen LogP contribution in [0.25, 0.3) is 0 Å².